The molecule has 0 spiro atoms. The highest BCUT2D eigenvalue weighted by Crippen LogP contribution is 2.24. The van der Waals surface area contributed by atoms with Crippen LogP contribution >= 0.6 is 0 Å². The van der Waals surface area contributed by atoms with Crippen molar-refractivity contribution in [2.75, 3.05) is 13.1 Å². The molecule has 2 rings (SSSR count). The normalized spacial score (nSPS) is 23.6. The quantitative estimate of drug-likeness (QED) is 0.764. The van der Waals surface area contributed by atoms with Crippen molar-refractivity contribution in [2.24, 2.45) is 5.92 Å². The monoisotopic (exact) mass is 221 g/mol. The van der Waals surface area contributed by atoms with Crippen LogP contribution in [-0.4, -0.2) is 33.1 Å². The van der Waals surface area contributed by atoms with E-state index in [1.54, 1.807) is 0 Å². The van der Waals surface area contributed by atoms with Crippen molar-refractivity contribution >= 4 is 0 Å². The Bertz CT molecular complexity index is 310. The highest BCUT2D eigenvalue weighted by Gasteiger charge is 2.27. The second kappa shape index (κ2) is 4.58. The molecule has 0 saturated carbocycles. The predicted molar refractivity (Wildman–Crippen MR) is 66.3 cm³/mol. The molecular weight excluding hydrogens is 198 g/mol. The number of hydrogen-bond donors (Lipinski definition) is 0. The predicted octanol–water partition coefficient (Wildman–Crippen LogP) is 2.39. The van der Waals surface area contributed by atoms with Crippen LogP contribution in [0.25, 0.3) is 0 Å². The second-order valence-electron chi connectivity index (χ2n) is 5.88. The molecule has 1 saturated heterocycles. The average molecular weight is 221 g/mol. The Morgan fingerprint density at radius 3 is 2.81 bits per heavy atom. The molecule has 3 heteroatoms. The maximum Gasteiger partial charge on any atom is 0.0946 e. The lowest BCUT2D eigenvalue weighted by molar-refractivity contribution is 0.0734. The van der Waals surface area contributed by atoms with Gasteiger partial charge in [-0.3, -0.25) is 4.90 Å². The van der Waals surface area contributed by atoms with E-state index in [4.69, 9.17) is 0 Å². The molecule has 0 bridgehead atoms. The van der Waals surface area contributed by atoms with Crippen LogP contribution in [-0.2, 0) is 6.54 Å². The molecule has 1 fully saturated rings. The highest BCUT2D eigenvalue weighted by molar-refractivity contribution is 4.84. The summed E-state index contributed by atoms with van der Waals surface area (Å²) in [4.78, 5) is 6.71. The highest BCUT2D eigenvalue weighted by atomic mass is 15.2. The molecule has 0 radical (unpaired) electrons. The van der Waals surface area contributed by atoms with E-state index in [1.165, 1.54) is 25.9 Å². The van der Waals surface area contributed by atoms with Crippen LogP contribution in [0.1, 0.15) is 33.6 Å². The molecule has 90 valence electrons. The third-order valence-corrected chi connectivity index (χ3v) is 3.50. The minimum Gasteiger partial charge on any atom is -0.337 e. The fourth-order valence-electron chi connectivity index (χ4n) is 2.52. The molecule has 16 heavy (non-hydrogen) atoms. The average Bonchev–Trinajstić information content (AvgIpc) is 2.70. The lowest BCUT2D eigenvalue weighted by Crippen LogP contribution is -2.47. The molecule has 0 amide bonds. The molecule has 0 N–H and O–H groups in total. The van der Waals surface area contributed by atoms with Gasteiger partial charge in [-0.05, 0) is 46.1 Å². The number of likely N-dealkylation sites (tertiary alicyclic amines) is 1. The van der Waals surface area contributed by atoms with Gasteiger partial charge in [0.15, 0.2) is 0 Å². The van der Waals surface area contributed by atoms with Crippen molar-refractivity contribution in [3.8, 4) is 0 Å². The zero-order valence-electron chi connectivity index (χ0n) is 10.7. The van der Waals surface area contributed by atoms with Crippen LogP contribution < -0.4 is 0 Å². The fraction of sp³-hybridized carbons (Fsp3) is 0.769. The van der Waals surface area contributed by atoms with E-state index in [-0.39, 0.29) is 0 Å². The van der Waals surface area contributed by atoms with Crippen molar-refractivity contribution < 1.29 is 0 Å². The van der Waals surface area contributed by atoms with Crippen LogP contribution in [0.15, 0.2) is 18.7 Å². The van der Waals surface area contributed by atoms with E-state index in [2.05, 4.69) is 41.4 Å². The van der Waals surface area contributed by atoms with Gasteiger partial charge in [-0.15, -0.1) is 0 Å². The molecule has 3 nitrogen and oxygen atoms in total. The van der Waals surface area contributed by atoms with Gasteiger partial charge in [0.2, 0.25) is 0 Å². The summed E-state index contributed by atoms with van der Waals surface area (Å²) >= 11 is 0. The van der Waals surface area contributed by atoms with Crippen LogP contribution in [0.3, 0.4) is 0 Å². The number of nitrogens with zero attached hydrogens (tertiary/aromatic N) is 3. The summed E-state index contributed by atoms with van der Waals surface area (Å²) in [5.74, 6) is 0.780. The Morgan fingerprint density at radius 1 is 1.38 bits per heavy atom. The number of imidazole rings is 1. The number of rotatable bonds is 2. The minimum atomic E-state index is 0.313. The summed E-state index contributed by atoms with van der Waals surface area (Å²) < 4.78 is 2.21. The first-order valence-corrected chi connectivity index (χ1v) is 6.26. The Labute approximate surface area is 98.5 Å². The first-order chi connectivity index (χ1) is 7.55. The summed E-state index contributed by atoms with van der Waals surface area (Å²) in [7, 11) is 0. The molecular formula is C13H23N3. The van der Waals surface area contributed by atoms with Gasteiger partial charge in [0.25, 0.3) is 0 Å². The summed E-state index contributed by atoms with van der Waals surface area (Å²) in [5.41, 5.74) is 0.313. The molecule has 1 aliphatic rings. The fourth-order valence-corrected chi connectivity index (χ4v) is 2.52. The van der Waals surface area contributed by atoms with Gasteiger partial charge in [-0.1, -0.05) is 0 Å². The maximum absolute atomic E-state index is 4.10. The van der Waals surface area contributed by atoms with E-state index in [1.807, 2.05) is 12.5 Å². The lowest BCUT2D eigenvalue weighted by atomic mass is 9.93. The summed E-state index contributed by atoms with van der Waals surface area (Å²) in [6.07, 6.45) is 8.54. The molecule has 1 aromatic rings. The smallest absolute Gasteiger partial charge is 0.0946 e. The van der Waals surface area contributed by atoms with Crippen LogP contribution in [0, 0.1) is 5.92 Å². The van der Waals surface area contributed by atoms with Gasteiger partial charge in [0.05, 0.1) is 6.33 Å². The SMILES string of the molecule is CC(C)(C)N1CCCC(Cn2ccnc2)C1. The van der Waals surface area contributed by atoms with E-state index in [0.29, 0.717) is 5.54 Å². The molecule has 1 aromatic heterocycles. The third kappa shape index (κ3) is 2.85. The zero-order valence-corrected chi connectivity index (χ0v) is 10.7. The van der Waals surface area contributed by atoms with Gasteiger partial charge in [0, 0.05) is 31.0 Å². The Balaban J connectivity index is 1.92. The molecule has 1 aliphatic heterocycles. The zero-order chi connectivity index (χ0) is 11.6. The first kappa shape index (κ1) is 11.6. The van der Waals surface area contributed by atoms with E-state index < -0.39 is 0 Å². The maximum atomic E-state index is 4.10. The molecule has 0 aromatic carbocycles. The first-order valence-electron chi connectivity index (χ1n) is 6.26. The molecule has 1 atom stereocenters. The van der Waals surface area contributed by atoms with Crippen molar-refractivity contribution in [3.63, 3.8) is 0 Å². The van der Waals surface area contributed by atoms with Gasteiger partial charge >= 0.3 is 0 Å². The van der Waals surface area contributed by atoms with Gasteiger partial charge < -0.3 is 4.57 Å². The third-order valence-electron chi connectivity index (χ3n) is 3.50. The summed E-state index contributed by atoms with van der Waals surface area (Å²) in [6.45, 7) is 10.5. The van der Waals surface area contributed by atoms with Gasteiger partial charge in [-0.25, -0.2) is 4.98 Å². The van der Waals surface area contributed by atoms with Crippen molar-refractivity contribution in [1.29, 1.82) is 0 Å². The summed E-state index contributed by atoms with van der Waals surface area (Å²) in [6, 6.07) is 0. The number of piperidine rings is 1. The standard InChI is InChI=1S/C13H23N3/c1-13(2,3)16-7-4-5-12(10-16)9-15-8-6-14-11-15/h6,8,11-12H,4-5,7,9-10H2,1-3H3. The van der Waals surface area contributed by atoms with E-state index >= 15 is 0 Å². The number of hydrogen-bond acceptors (Lipinski definition) is 2. The van der Waals surface area contributed by atoms with Crippen molar-refractivity contribution in [1.82, 2.24) is 14.5 Å². The van der Waals surface area contributed by atoms with Crippen LogP contribution in [0.2, 0.25) is 0 Å². The van der Waals surface area contributed by atoms with Crippen LogP contribution in [0.4, 0.5) is 0 Å². The Morgan fingerprint density at radius 2 is 2.19 bits per heavy atom. The Hall–Kier alpha value is -0.830. The largest absolute Gasteiger partial charge is 0.337 e. The topological polar surface area (TPSA) is 21.1 Å². The van der Waals surface area contributed by atoms with Crippen molar-refractivity contribution in [2.45, 2.75) is 45.7 Å². The van der Waals surface area contributed by atoms with Gasteiger partial charge in [-0.2, -0.15) is 0 Å². The van der Waals surface area contributed by atoms with E-state index in [9.17, 15) is 0 Å². The lowest BCUT2D eigenvalue weighted by Gasteiger charge is -2.41. The minimum absolute atomic E-state index is 0.313. The van der Waals surface area contributed by atoms with E-state index in [0.717, 1.165) is 12.5 Å². The molecule has 2 heterocycles. The van der Waals surface area contributed by atoms with Crippen molar-refractivity contribution in [3.05, 3.63) is 18.7 Å². The molecule has 1 unspecified atom stereocenters. The van der Waals surface area contributed by atoms with Crippen LogP contribution in [0.5, 0.6) is 0 Å². The number of aromatic nitrogens is 2. The second-order valence-corrected chi connectivity index (χ2v) is 5.88. The molecule has 0 aliphatic carbocycles. The van der Waals surface area contributed by atoms with Gasteiger partial charge in [0.1, 0.15) is 0 Å². The Kier molecular flexibility index (Phi) is 3.33. The summed E-state index contributed by atoms with van der Waals surface area (Å²) in [5, 5.41) is 0.